The summed E-state index contributed by atoms with van der Waals surface area (Å²) in [6.45, 7) is 1.86. The lowest BCUT2D eigenvalue weighted by atomic mass is 10.1. The molecule has 4 aromatic rings. The standard InChI is InChI=1S/C22H19N5O2/c1-15-18(14-23-27(15)16-8-4-3-5-9-16)22(29)24-19-11-7-6-10-17(19)20-12-13-21(28)26(2)25-20/h3-14H,1-2H3,(H,24,29). The van der Waals surface area contributed by atoms with Crippen LogP contribution in [-0.4, -0.2) is 25.5 Å². The third-order valence-corrected chi connectivity index (χ3v) is 4.67. The molecule has 0 saturated heterocycles. The summed E-state index contributed by atoms with van der Waals surface area (Å²) in [6, 6.07) is 20.1. The Hall–Kier alpha value is -4.00. The van der Waals surface area contributed by atoms with Crippen molar-refractivity contribution in [1.29, 1.82) is 0 Å². The lowest BCUT2D eigenvalue weighted by Gasteiger charge is -2.11. The third kappa shape index (κ3) is 3.58. The second-order valence-corrected chi connectivity index (χ2v) is 6.57. The van der Waals surface area contributed by atoms with Crippen LogP contribution in [0.4, 0.5) is 5.69 Å². The van der Waals surface area contributed by atoms with Gasteiger partial charge in [0.05, 0.1) is 34.5 Å². The van der Waals surface area contributed by atoms with Crippen LogP contribution in [0.1, 0.15) is 16.1 Å². The van der Waals surface area contributed by atoms with Crippen LogP contribution in [0, 0.1) is 6.92 Å². The summed E-state index contributed by atoms with van der Waals surface area (Å²) >= 11 is 0. The van der Waals surface area contributed by atoms with Gasteiger partial charge in [-0.05, 0) is 31.2 Å². The van der Waals surface area contributed by atoms with Crippen molar-refractivity contribution < 1.29 is 4.79 Å². The van der Waals surface area contributed by atoms with Crippen molar-refractivity contribution in [3.63, 3.8) is 0 Å². The van der Waals surface area contributed by atoms with Gasteiger partial charge in [-0.1, -0.05) is 36.4 Å². The van der Waals surface area contributed by atoms with E-state index in [-0.39, 0.29) is 11.5 Å². The van der Waals surface area contributed by atoms with Gasteiger partial charge in [0.2, 0.25) is 0 Å². The number of nitrogens with zero attached hydrogens (tertiary/aromatic N) is 4. The summed E-state index contributed by atoms with van der Waals surface area (Å²) in [5, 5.41) is 11.6. The number of nitrogens with one attached hydrogen (secondary N) is 1. The maximum absolute atomic E-state index is 12.9. The van der Waals surface area contributed by atoms with Crippen LogP contribution >= 0.6 is 0 Å². The summed E-state index contributed by atoms with van der Waals surface area (Å²) in [7, 11) is 1.59. The fourth-order valence-electron chi connectivity index (χ4n) is 3.11. The minimum Gasteiger partial charge on any atom is -0.321 e. The topological polar surface area (TPSA) is 81.8 Å². The highest BCUT2D eigenvalue weighted by Gasteiger charge is 2.17. The van der Waals surface area contributed by atoms with Gasteiger partial charge in [-0.15, -0.1) is 0 Å². The van der Waals surface area contributed by atoms with Crippen molar-refractivity contribution >= 4 is 11.6 Å². The highest BCUT2D eigenvalue weighted by molar-refractivity contribution is 6.06. The first kappa shape index (κ1) is 18.4. The van der Waals surface area contributed by atoms with Crippen LogP contribution in [0.2, 0.25) is 0 Å². The molecule has 144 valence electrons. The number of carbonyl (C=O) groups excluding carboxylic acids is 1. The zero-order chi connectivity index (χ0) is 20.4. The molecule has 0 aliphatic heterocycles. The normalized spacial score (nSPS) is 10.7. The lowest BCUT2D eigenvalue weighted by molar-refractivity contribution is 0.102. The molecule has 0 atom stereocenters. The van der Waals surface area contributed by atoms with E-state index >= 15 is 0 Å². The number of benzene rings is 2. The van der Waals surface area contributed by atoms with Crippen LogP contribution in [-0.2, 0) is 7.05 Å². The van der Waals surface area contributed by atoms with E-state index in [2.05, 4.69) is 15.5 Å². The van der Waals surface area contributed by atoms with E-state index in [0.717, 1.165) is 16.9 Å². The van der Waals surface area contributed by atoms with E-state index in [1.807, 2.05) is 55.5 Å². The zero-order valence-electron chi connectivity index (χ0n) is 16.0. The Labute approximate surface area is 167 Å². The molecule has 1 amide bonds. The van der Waals surface area contributed by atoms with Crippen LogP contribution < -0.4 is 10.9 Å². The monoisotopic (exact) mass is 385 g/mol. The van der Waals surface area contributed by atoms with Gasteiger partial charge in [0.25, 0.3) is 11.5 Å². The van der Waals surface area contributed by atoms with Gasteiger partial charge >= 0.3 is 0 Å². The first-order valence-corrected chi connectivity index (χ1v) is 9.10. The fourth-order valence-corrected chi connectivity index (χ4v) is 3.11. The van der Waals surface area contributed by atoms with Crippen molar-refractivity contribution in [2.24, 2.45) is 7.05 Å². The minimum absolute atomic E-state index is 0.195. The van der Waals surface area contributed by atoms with Gasteiger partial charge in [0.15, 0.2) is 0 Å². The number of amides is 1. The predicted octanol–water partition coefficient (Wildman–Crippen LogP) is 3.19. The quantitative estimate of drug-likeness (QED) is 0.585. The van der Waals surface area contributed by atoms with Crippen LogP contribution in [0.5, 0.6) is 0 Å². The Bertz CT molecular complexity index is 1240. The van der Waals surface area contributed by atoms with Gasteiger partial charge in [-0.2, -0.15) is 10.2 Å². The summed E-state index contributed by atoms with van der Waals surface area (Å²) < 4.78 is 3.00. The second-order valence-electron chi connectivity index (χ2n) is 6.57. The number of carbonyl (C=O) groups is 1. The third-order valence-electron chi connectivity index (χ3n) is 4.67. The average molecular weight is 385 g/mol. The molecule has 7 nitrogen and oxygen atoms in total. The van der Waals surface area contributed by atoms with Crippen molar-refractivity contribution in [3.05, 3.63) is 94.5 Å². The number of para-hydroxylation sites is 2. The molecule has 0 fully saturated rings. The fraction of sp³-hybridized carbons (Fsp3) is 0.0909. The van der Waals surface area contributed by atoms with E-state index in [4.69, 9.17) is 0 Å². The molecule has 0 spiro atoms. The Morgan fingerprint density at radius 1 is 0.966 bits per heavy atom. The highest BCUT2D eigenvalue weighted by atomic mass is 16.1. The van der Waals surface area contributed by atoms with Gasteiger partial charge in [-0.25, -0.2) is 9.36 Å². The molecule has 0 aliphatic rings. The number of hydrogen-bond acceptors (Lipinski definition) is 4. The molecule has 7 heteroatoms. The first-order chi connectivity index (χ1) is 14.0. The molecule has 29 heavy (non-hydrogen) atoms. The van der Waals surface area contributed by atoms with Crippen molar-refractivity contribution in [2.75, 3.05) is 5.32 Å². The Morgan fingerprint density at radius 2 is 1.69 bits per heavy atom. The van der Waals surface area contributed by atoms with E-state index in [1.54, 1.807) is 30.1 Å². The zero-order valence-corrected chi connectivity index (χ0v) is 16.0. The molecule has 2 heterocycles. The minimum atomic E-state index is -0.262. The molecule has 1 N–H and O–H groups in total. The number of hydrogen-bond donors (Lipinski definition) is 1. The average Bonchev–Trinajstić information content (AvgIpc) is 3.12. The molecule has 0 saturated carbocycles. The maximum atomic E-state index is 12.9. The molecule has 4 rings (SSSR count). The Balaban J connectivity index is 1.66. The van der Waals surface area contributed by atoms with E-state index < -0.39 is 0 Å². The van der Waals surface area contributed by atoms with Crippen LogP contribution in [0.15, 0.2) is 77.7 Å². The van der Waals surface area contributed by atoms with Gasteiger partial charge in [0.1, 0.15) is 0 Å². The number of aromatic nitrogens is 4. The van der Waals surface area contributed by atoms with Crippen LogP contribution in [0.3, 0.4) is 0 Å². The molecule has 2 aromatic carbocycles. The van der Waals surface area contributed by atoms with E-state index in [1.165, 1.54) is 10.7 Å². The molecular weight excluding hydrogens is 366 g/mol. The summed E-state index contributed by atoms with van der Waals surface area (Å²) in [5.74, 6) is -0.262. The van der Waals surface area contributed by atoms with Gasteiger partial charge < -0.3 is 5.32 Å². The highest BCUT2D eigenvalue weighted by Crippen LogP contribution is 2.26. The van der Waals surface area contributed by atoms with Gasteiger partial charge in [-0.3, -0.25) is 9.59 Å². The maximum Gasteiger partial charge on any atom is 0.266 e. The molecule has 0 radical (unpaired) electrons. The van der Waals surface area contributed by atoms with Gasteiger partial charge in [0, 0.05) is 18.7 Å². The molecule has 0 aliphatic carbocycles. The van der Waals surface area contributed by atoms with E-state index in [0.29, 0.717) is 16.9 Å². The molecule has 0 unspecified atom stereocenters. The number of anilines is 1. The lowest BCUT2D eigenvalue weighted by Crippen LogP contribution is -2.18. The first-order valence-electron chi connectivity index (χ1n) is 9.10. The SMILES string of the molecule is Cc1c(C(=O)Nc2ccccc2-c2ccc(=O)n(C)n2)cnn1-c1ccccc1. The summed E-state index contributed by atoms with van der Waals surface area (Å²) in [4.78, 5) is 24.6. The summed E-state index contributed by atoms with van der Waals surface area (Å²) in [6.07, 6.45) is 1.56. The van der Waals surface area contributed by atoms with Crippen molar-refractivity contribution in [1.82, 2.24) is 19.6 Å². The van der Waals surface area contributed by atoms with Crippen molar-refractivity contribution in [2.45, 2.75) is 6.92 Å². The Kier molecular flexibility index (Phi) is 4.78. The predicted molar refractivity (Wildman–Crippen MR) is 111 cm³/mol. The largest absolute Gasteiger partial charge is 0.321 e. The smallest absolute Gasteiger partial charge is 0.266 e. The summed E-state index contributed by atoms with van der Waals surface area (Å²) in [5.41, 5.74) is 3.85. The molecule has 0 bridgehead atoms. The Morgan fingerprint density at radius 3 is 2.45 bits per heavy atom. The van der Waals surface area contributed by atoms with Crippen molar-refractivity contribution in [3.8, 4) is 16.9 Å². The number of rotatable bonds is 4. The second kappa shape index (κ2) is 7.55. The molecule has 2 aromatic heterocycles. The molecular formula is C22H19N5O2. The van der Waals surface area contributed by atoms with E-state index in [9.17, 15) is 9.59 Å². The van der Waals surface area contributed by atoms with Crippen LogP contribution in [0.25, 0.3) is 16.9 Å². The number of aryl methyl sites for hydroxylation is 1.